The molecular formula is C32H51N2O2+. The van der Waals surface area contributed by atoms with E-state index in [1.54, 1.807) is 0 Å². The molecule has 4 nitrogen and oxygen atoms in total. The number of aryl methyl sites for hydroxylation is 1. The molecule has 1 aromatic carbocycles. The predicted molar refractivity (Wildman–Crippen MR) is 151 cm³/mol. The zero-order valence-electron chi connectivity index (χ0n) is 23.5. The first-order chi connectivity index (χ1) is 17.6. The van der Waals surface area contributed by atoms with Crippen LogP contribution in [0.3, 0.4) is 0 Å². The smallest absolute Gasteiger partial charge is 0.316 e. The summed E-state index contributed by atoms with van der Waals surface area (Å²) in [4.78, 5) is 13.0. The summed E-state index contributed by atoms with van der Waals surface area (Å²) in [6.45, 7) is 10.1. The molecule has 1 aromatic heterocycles. The van der Waals surface area contributed by atoms with Crippen molar-refractivity contribution in [3.05, 3.63) is 59.4 Å². The molecule has 36 heavy (non-hydrogen) atoms. The minimum atomic E-state index is -0.0945. The van der Waals surface area contributed by atoms with Crippen molar-refractivity contribution in [2.45, 2.75) is 124 Å². The van der Waals surface area contributed by atoms with Crippen molar-refractivity contribution < 1.29 is 14.1 Å². The van der Waals surface area contributed by atoms with Crippen molar-refractivity contribution in [3.63, 3.8) is 0 Å². The van der Waals surface area contributed by atoms with Gasteiger partial charge < -0.3 is 10.1 Å². The fourth-order valence-corrected chi connectivity index (χ4v) is 4.85. The maximum Gasteiger partial charge on any atom is 0.316 e. The first-order valence-corrected chi connectivity index (χ1v) is 14.6. The molecule has 0 aliphatic rings. The molecule has 0 fully saturated rings. The predicted octanol–water partition coefficient (Wildman–Crippen LogP) is 8.26. The fraction of sp³-hybridized carbons (Fsp3) is 0.625. The number of hydrogen-bond donors (Lipinski definition) is 1. The van der Waals surface area contributed by atoms with Crippen LogP contribution < -0.4 is 14.6 Å². The molecule has 0 bridgehead atoms. The van der Waals surface area contributed by atoms with Gasteiger partial charge in [0, 0.05) is 18.6 Å². The zero-order chi connectivity index (χ0) is 26.0. The Balaban J connectivity index is 1.70. The lowest BCUT2D eigenvalue weighted by atomic mass is 10.0. The van der Waals surface area contributed by atoms with E-state index in [4.69, 9.17) is 4.74 Å². The van der Waals surface area contributed by atoms with E-state index in [0.29, 0.717) is 5.69 Å². The molecule has 0 radical (unpaired) electrons. The lowest BCUT2D eigenvalue weighted by Crippen LogP contribution is -2.43. The highest BCUT2D eigenvalue weighted by Crippen LogP contribution is 2.26. The summed E-state index contributed by atoms with van der Waals surface area (Å²) >= 11 is 0. The number of benzene rings is 1. The maximum absolute atomic E-state index is 13.0. The Bertz CT molecular complexity index is 880. The highest BCUT2D eigenvalue weighted by Gasteiger charge is 2.21. The quantitative estimate of drug-likeness (QED) is 0.157. The molecule has 2 aromatic rings. The number of carbonyl (C=O) groups excluding carboxylic acids is 1. The fourth-order valence-electron chi connectivity index (χ4n) is 4.85. The van der Waals surface area contributed by atoms with Gasteiger partial charge in [-0.2, -0.15) is 4.57 Å². The van der Waals surface area contributed by atoms with Gasteiger partial charge in [-0.1, -0.05) is 96.6 Å². The third-order valence-corrected chi connectivity index (χ3v) is 7.03. The molecule has 0 saturated heterocycles. The minimum Gasteiger partial charge on any atom is -0.493 e. The van der Waals surface area contributed by atoms with Gasteiger partial charge in [-0.3, -0.25) is 4.79 Å². The molecule has 200 valence electrons. The summed E-state index contributed by atoms with van der Waals surface area (Å²) in [6.07, 6.45) is 19.1. The Kier molecular flexibility index (Phi) is 14.9. The van der Waals surface area contributed by atoms with Crippen LogP contribution in [0.15, 0.2) is 42.6 Å². The second-order valence-electron chi connectivity index (χ2n) is 10.2. The lowest BCUT2D eigenvalue weighted by molar-refractivity contribution is -0.698. The Morgan fingerprint density at radius 3 is 2.11 bits per heavy atom. The third-order valence-electron chi connectivity index (χ3n) is 7.03. The second kappa shape index (κ2) is 18.0. The van der Waals surface area contributed by atoms with E-state index in [-0.39, 0.29) is 11.9 Å². The van der Waals surface area contributed by atoms with Gasteiger partial charge >= 0.3 is 5.91 Å². The number of nitrogens with one attached hydrogen (secondary N) is 1. The van der Waals surface area contributed by atoms with Gasteiger partial charge in [0.1, 0.15) is 12.3 Å². The average Bonchev–Trinajstić information content (AvgIpc) is 2.88. The summed E-state index contributed by atoms with van der Waals surface area (Å²) in [5.41, 5.74) is 2.91. The van der Waals surface area contributed by atoms with E-state index in [1.165, 1.54) is 70.6 Å². The number of nitrogens with zero attached hydrogens (tertiary/aromatic N) is 1. The van der Waals surface area contributed by atoms with Crippen LogP contribution in [0.1, 0.15) is 132 Å². The molecule has 0 aliphatic carbocycles. The Labute approximate surface area is 220 Å². The Morgan fingerprint density at radius 1 is 0.833 bits per heavy atom. The number of amides is 1. The number of hydrogen-bond acceptors (Lipinski definition) is 2. The van der Waals surface area contributed by atoms with Crippen molar-refractivity contribution >= 4 is 5.91 Å². The first-order valence-electron chi connectivity index (χ1n) is 14.6. The molecular weight excluding hydrogens is 444 g/mol. The maximum atomic E-state index is 13.0. The summed E-state index contributed by atoms with van der Waals surface area (Å²) in [7, 11) is 0. The monoisotopic (exact) mass is 495 g/mol. The largest absolute Gasteiger partial charge is 0.493 e. The summed E-state index contributed by atoms with van der Waals surface area (Å²) in [5.74, 6) is 0.885. The lowest BCUT2D eigenvalue weighted by Gasteiger charge is -2.18. The SMILES string of the molecule is CCCCCCCCCCCCCCOc1cccc(C(C)NC(=O)c2cccc[n+]2CCC)c1C. The van der Waals surface area contributed by atoms with Crippen LogP contribution in [0.25, 0.3) is 0 Å². The van der Waals surface area contributed by atoms with Gasteiger partial charge in [-0.25, -0.2) is 0 Å². The van der Waals surface area contributed by atoms with Crippen molar-refractivity contribution in [3.8, 4) is 5.75 Å². The standard InChI is InChI=1S/C32H50N2O2/c1-5-7-8-9-10-11-12-13-14-15-16-19-26-36-31-23-20-21-29(27(31)3)28(4)33-32(35)30-22-17-18-25-34(30)24-6-2/h17-18,20-23,25,28H,5-16,19,24,26H2,1-4H3/p+1. The first kappa shape index (κ1) is 29.9. The summed E-state index contributed by atoms with van der Waals surface area (Å²) in [6, 6.07) is 11.8. The second-order valence-corrected chi connectivity index (χ2v) is 10.2. The van der Waals surface area contributed by atoms with Crippen LogP contribution in [0, 0.1) is 6.92 Å². The molecule has 0 aliphatic heterocycles. The van der Waals surface area contributed by atoms with Crippen LogP contribution in [0.5, 0.6) is 5.75 Å². The van der Waals surface area contributed by atoms with Crippen LogP contribution in [-0.2, 0) is 6.54 Å². The number of rotatable bonds is 19. The van der Waals surface area contributed by atoms with Crippen LogP contribution >= 0.6 is 0 Å². The molecule has 1 N–H and O–H groups in total. The van der Waals surface area contributed by atoms with Crippen molar-refractivity contribution in [2.75, 3.05) is 6.61 Å². The zero-order valence-corrected chi connectivity index (χ0v) is 23.5. The summed E-state index contributed by atoms with van der Waals surface area (Å²) in [5, 5.41) is 3.18. The number of unbranched alkanes of at least 4 members (excludes halogenated alkanes) is 11. The van der Waals surface area contributed by atoms with E-state index < -0.39 is 0 Å². The van der Waals surface area contributed by atoms with Gasteiger partial charge in [0.25, 0.3) is 5.69 Å². The number of ether oxygens (including phenoxy) is 1. The summed E-state index contributed by atoms with van der Waals surface area (Å²) < 4.78 is 8.16. The average molecular weight is 496 g/mol. The third kappa shape index (κ3) is 10.7. The van der Waals surface area contributed by atoms with E-state index in [1.807, 2.05) is 48.0 Å². The van der Waals surface area contributed by atoms with E-state index in [9.17, 15) is 4.79 Å². The van der Waals surface area contributed by atoms with E-state index in [2.05, 4.69) is 32.2 Å². The van der Waals surface area contributed by atoms with Crippen LogP contribution in [0.2, 0.25) is 0 Å². The highest BCUT2D eigenvalue weighted by atomic mass is 16.5. The Morgan fingerprint density at radius 2 is 1.47 bits per heavy atom. The molecule has 1 amide bonds. The number of carbonyl (C=O) groups is 1. The number of pyridine rings is 1. The van der Waals surface area contributed by atoms with Gasteiger partial charge in [0.2, 0.25) is 0 Å². The molecule has 1 heterocycles. The van der Waals surface area contributed by atoms with Gasteiger partial charge in [0.15, 0.2) is 6.20 Å². The van der Waals surface area contributed by atoms with Crippen LogP contribution in [-0.4, -0.2) is 12.5 Å². The van der Waals surface area contributed by atoms with Crippen molar-refractivity contribution in [1.29, 1.82) is 0 Å². The minimum absolute atomic E-state index is 0.0428. The molecule has 2 rings (SSSR count). The van der Waals surface area contributed by atoms with Gasteiger partial charge in [0.05, 0.1) is 12.6 Å². The van der Waals surface area contributed by atoms with E-state index in [0.717, 1.165) is 42.9 Å². The molecule has 0 saturated carbocycles. The highest BCUT2D eigenvalue weighted by molar-refractivity contribution is 5.91. The van der Waals surface area contributed by atoms with E-state index >= 15 is 0 Å². The van der Waals surface area contributed by atoms with Gasteiger partial charge in [-0.15, -0.1) is 0 Å². The molecule has 0 spiro atoms. The normalized spacial score (nSPS) is 11.9. The topological polar surface area (TPSA) is 42.2 Å². The number of aromatic nitrogens is 1. The van der Waals surface area contributed by atoms with Crippen molar-refractivity contribution in [1.82, 2.24) is 5.32 Å². The Hall–Kier alpha value is -2.36. The molecule has 1 unspecified atom stereocenters. The van der Waals surface area contributed by atoms with Crippen molar-refractivity contribution in [2.24, 2.45) is 0 Å². The van der Waals surface area contributed by atoms with Crippen LogP contribution in [0.4, 0.5) is 0 Å². The molecule has 1 atom stereocenters. The molecule has 4 heteroatoms. The van der Waals surface area contributed by atoms with Gasteiger partial charge in [-0.05, 0) is 43.5 Å².